The summed E-state index contributed by atoms with van der Waals surface area (Å²) in [7, 11) is 0. The second kappa shape index (κ2) is 7.30. The van der Waals surface area contributed by atoms with E-state index in [1.807, 2.05) is 18.2 Å². The van der Waals surface area contributed by atoms with Gasteiger partial charge in [-0.05, 0) is 35.9 Å². The molecule has 1 amide bonds. The van der Waals surface area contributed by atoms with Gasteiger partial charge in [-0.25, -0.2) is 10.4 Å². The number of amides is 1. The first-order valence-electron chi connectivity index (χ1n) is 6.03. The summed E-state index contributed by atoms with van der Waals surface area (Å²) < 4.78 is 0. The van der Waals surface area contributed by atoms with E-state index in [2.05, 4.69) is 15.5 Å². The molecule has 21 heavy (non-hydrogen) atoms. The average Bonchev–Trinajstić information content (AvgIpc) is 2.50. The highest BCUT2D eigenvalue weighted by molar-refractivity contribution is 7.99. The summed E-state index contributed by atoms with van der Waals surface area (Å²) in [5.41, 5.74) is 2.93. The Hall–Kier alpha value is -2.54. The maximum absolute atomic E-state index is 11.6. The predicted octanol–water partition coefficient (Wildman–Crippen LogP) is 1.74. The summed E-state index contributed by atoms with van der Waals surface area (Å²) in [5.74, 6) is -0.501. The molecular formula is C14H13N3O3S. The van der Waals surface area contributed by atoms with Crippen LogP contribution >= 0.6 is 11.8 Å². The van der Waals surface area contributed by atoms with Gasteiger partial charge in [-0.15, -0.1) is 0 Å². The molecule has 0 fully saturated rings. The smallest absolute Gasteiger partial charge is 0.250 e. The molecule has 0 radical (unpaired) electrons. The molecule has 0 spiro atoms. The van der Waals surface area contributed by atoms with Crippen LogP contribution < -0.4 is 5.43 Å². The van der Waals surface area contributed by atoms with Gasteiger partial charge in [-0.3, -0.25) is 4.79 Å². The van der Waals surface area contributed by atoms with Gasteiger partial charge in [0.25, 0.3) is 0 Å². The second-order valence-corrected chi connectivity index (χ2v) is 4.99. The van der Waals surface area contributed by atoms with Crippen molar-refractivity contribution >= 4 is 23.9 Å². The first-order valence-corrected chi connectivity index (χ1v) is 7.01. The van der Waals surface area contributed by atoms with E-state index >= 15 is 0 Å². The number of hydrazone groups is 1. The molecule has 0 aliphatic carbocycles. The van der Waals surface area contributed by atoms with E-state index in [9.17, 15) is 9.90 Å². The molecule has 1 aromatic heterocycles. The molecule has 6 nitrogen and oxygen atoms in total. The topological polar surface area (TPSA) is 94.8 Å². The van der Waals surface area contributed by atoms with Crippen LogP contribution in [0.2, 0.25) is 0 Å². The Morgan fingerprint density at radius 2 is 2.14 bits per heavy atom. The van der Waals surface area contributed by atoms with Gasteiger partial charge in [0, 0.05) is 6.20 Å². The van der Waals surface area contributed by atoms with E-state index in [-0.39, 0.29) is 23.2 Å². The first kappa shape index (κ1) is 14.9. The van der Waals surface area contributed by atoms with Gasteiger partial charge in [0.2, 0.25) is 5.91 Å². The fourth-order valence-electron chi connectivity index (χ4n) is 1.40. The zero-order valence-corrected chi connectivity index (χ0v) is 11.7. The summed E-state index contributed by atoms with van der Waals surface area (Å²) in [6.45, 7) is 0. The molecule has 1 heterocycles. The van der Waals surface area contributed by atoms with Crippen molar-refractivity contribution in [3.63, 3.8) is 0 Å². The highest BCUT2D eigenvalue weighted by Gasteiger charge is 2.02. The fourth-order valence-corrected chi connectivity index (χ4v) is 2.06. The Bertz CT molecular complexity index is 647. The van der Waals surface area contributed by atoms with Crippen LogP contribution in [0.4, 0.5) is 0 Å². The van der Waals surface area contributed by atoms with Crippen molar-refractivity contribution in [2.75, 3.05) is 5.75 Å². The van der Waals surface area contributed by atoms with Gasteiger partial charge < -0.3 is 10.2 Å². The molecule has 108 valence electrons. The summed E-state index contributed by atoms with van der Waals surface area (Å²) >= 11 is 1.31. The third-order valence-electron chi connectivity index (χ3n) is 2.39. The van der Waals surface area contributed by atoms with Crippen molar-refractivity contribution < 1.29 is 15.0 Å². The molecule has 0 bridgehead atoms. The number of nitrogens with zero attached hydrogens (tertiary/aromatic N) is 2. The summed E-state index contributed by atoms with van der Waals surface area (Å²) in [4.78, 5) is 15.7. The van der Waals surface area contributed by atoms with Crippen LogP contribution in [-0.4, -0.2) is 33.1 Å². The van der Waals surface area contributed by atoms with Gasteiger partial charge in [0.05, 0.1) is 17.0 Å². The number of hydrogen-bond acceptors (Lipinski definition) is 6. The molecular weight excluding hydrogens is 290 g/mol. The van der Waals surface area contributed by atoms with Crippen LogP contribution in [0.5, 0.6) is 11.5 Å². The molecule has 3 N–H and O–H groups in total. The lowest BCUT2D eigenvalue weighted by Crippen LogP contribution is -2.19. The van der Waals surface area contributed by atoms with Gasteiger partial charge in [0.1, 0.15) is 0 Å². The molecule has 0 unspecified atom stereocenters. The minimum atomic E-state index is -0.259. The maximum Gasteiger partial charge on any atom is 0.250 e. The van der Waals surface area contributed by atoms with E-state index < -0.39 is 0 Å². The zero-order valence-electron chi connectivity index (χ0n) is 10.9. The van der Waals surface area contributed by atoms with E-state index in [1.165, 1.54) is 30.1 Å². The number of phenolic OH excluding ortho intramolecular Hbond substituents is 2. The predicted molar refractivity (Wildman–Crippen MR) is 80.5 cm³/mol. The number of phenols is 2. The van der Waals surface area contributed by atoms with E-state index in [0.29, 0.717) is 5.56 Å². The Kier molecular flexibility index (Phi) is 5.16. The zero-order chi connectivity index (χ0) is 15.1. The van der Waals surface area contributed by atoms with Gasteiger partial charge in [0.15, 0.2) is 11.5 Å². The average molecular weight is 303 g/mol. The number of carbonyl (C=O) groups excluding carboxylic acids is 1. The van der Waals surface area contributed by atoms with Crippen molar-refractivity contribution in [2.45, 2.75) is 5.03 Å². The van der Waals surface area contributed by atoms with Crippen LogP contribution in [0.3, 0.4) is 0 Å². The van der Waals surface area contributed by atoms with Crippen molar-refractivity contribution in [3.05, 3.63) is 48.2 Å². The quantitative estimate of drug-likeness (QED) is 0.338. The molecule has 2 aromatic rings. The molecule has 0 saturated carbocycles. The number of hydrogen-bond donors (Lipinski definition) is 3. The number of aromatic hydroxyl groups is 2. The van der Waals surface area contributed by atoms with E-state index in [0.717, 1.165) is 5.03 Å². The molecule has 1 aromatic carbocycles. The largest absolute Gasteiger partial charge is 0.504 e. The number of carbonyl (C=O) groups is 1. The van der Waals surface area contributed by atoms with Gasteiger partial charge >= 0.3 is 0 Å². The number of benzene rings is 1. The van der Waals surface area contributed by atoms with Crippen molar-refractivity contribution in [2.24, 2.45) is 5.10 Å². The molecule has 0 aliphatic rings. The van der Waals surface area contributed by atoms with Gasteiger partial charge in [-0.2, -0.15) is 5.10 Å². The van der Waals surface area contributed by atoms with Crippen LogP contribution in [0.1, 0.15) is 5.56 Å². The summed E-state index contributed by atoms with van der Waals surface area (Å²) in [5, 5.41) is 23.0. The minimum absolute atomic E-state index is 0.204. The molecule has 2 rings (SSSR count). The lowest BCUT2D eigenvalue weighted by molar-refractivity contribution is -0.118. The monoisotopic (exact) mass is 303 g/mol. The SMILES string of the molecule is O=C(CSc1ccccn1)N/N=C\c1ccc(O)c(O)c1. The maximum atomic E-state index is 11.6. The second-order valence-electron chi connectivity index (χ2n) is 4.00. The minimum Gasteiger partial charge on any atom is -0.504 e. The highest BCUT2D eigenvalue weighted by atomic mass is 32.2. The fraction of sp³-hybridized carbons (Fsp3) is 0.0714. The Morgan fingerprint density at radius 3 is 2.86 bits per heavy atom. The van der Waals surface area contributed by atoms with Crippen molar-refractivity contribution in [1.82, 2.24) is 10.4 Å². The summed E-state index contributed by atoms with van der Waals surface area (Å²) in [6.07, 6.45) is 3.04. The number of nitrogens with one attached hydrogen (secondary N) is 1. The molecule has 0 atom stereocenters. The normalized spacial score (nSPS) is 10.7. The lowest BCUT2D eigenvalue weighted by Gasteiger charge is -2.00. The number of rotatable bonds is 5. The Labute approximate surface area is 125 Å². The number of pyridine rings is 1. The summed E-state index contributed by atoms with van der Waals surface area (Å²) in [6, 6.07) is 9.72. The number of aromatic nitrogens is 1. The van der Waals surface area contributed by atoms with Crippen LogP contribution in [0.25, 0.3) is 0 Å². The van der Waals surface area contributed by atoms with Crippen molar-refractivity contribution in [3.8, 4) is 11.5 Å². The van der Waals surface area contributed by atoms with Crippen LogP contribution in [-0.2, 0) is 4.79 Å². The number of thioether (sulfide) groups is 1. The Morgan fingerprint density at radius 1 is 1.29 bits per heavy atom. The van der Waals surface area contributed by atoms with Crippen LogP contribution in [0.15, 0.2) is 52.7 Å². The lowest BCUT2D eigenvalue weighted by atomic mass is 10.2. The standard InChI is InChI=1S/C14H13N3O3S/c18-11-5-4-10(7-12(11)19)8-16-17-13(20)9-21-14-3-1-2-6-15-14/h1-8,18-19H,9H2,(H,17,20)/b16-8-. The van der Waals surface area contributed by atoms with Gasteiger partial charge in [-0.1, -0.05) is 17.8 Å². The third kappa shape index (κ3) is 4.81. The highest BCUT2D eigenvalue weighted by Crippen LogP contribution is 2.23. The third-order valence-corrected chi connectivity index (χ3v) is 3.34. The first-order chi connectivity index (χ1) is 10.1. The molecule has 7 heteroatoms. The van der Waals surface area contributed by atoms with Crippen LogP contribution in [0, 0.1) is 0 Å². The molecule has 0 aliphatic heterocycles. The Balaban J connectivity index is 1.80. The van der Waals surface area contributed by atoms with E-state index in [4.69, 9.17) is 5.11 Å². The van der Waals surface area contributed by atoms with E-state index in [1.54, 1.807) is 12.3 Å². The molecule has 0 saturated heterocycles. The van der Waals surface area contributed by atoms with Crippen molar-refractivity contribution in [1.29, 1.82) is 0 Å².